The lowest BCUT2D eigenvalue weighted by atomic mass is 9.82. The number of hydrogen-bond donors (Lipinski definition) is 1. The molecule has 5 atom stereocenters. The number of carbonyl (C=O) groups excluding carboxylic acids is 3. The Bertz CT molecular complexity index is 684. The first-order valence-electron chi connectivity index (χ1n) is 8.80. The largest absolute Gasteiger partial charge is 0.461 e. The van der Waals surface area contributed by atoms with Crippen molar-refractivity contribution in [1.29, 1.82) is 0 Å². The van der Waals surface area contributed by atoms with Crippen molar-refractivity contribution in [1.82, 2.24) is 0 Å². The molecule has 1 N–H and O–H groups in total. The lowest BCUT2D eigenvalue weighted by molar-refractivity contribution is -0.159. The summed E-state index contributed by atoms with van der Waals surface area (Å²) in [7, 11) is 0. The Morgan fingerprint density at radius 2 is 2.15 bits per heavy atom. The summed E-state index contributed by atoms with van der Waals surface area (Å²) >= 11 is 0. The van der Waals surface area contributed by atoms with Gasteiger partial charge in [-0.15, -0.1) is 0 Å². The van der Waals surface area contributed by atoms with E-state index in [1.54, 1.807) is 19.9 Å². The summed E-state index contributed by atoms with van der Waals surface area (Å²) in [6.45, 7) is 10.5. The Balaban J connectivity index is 2.46. The van der Waals surface area contributed by atoms with Crippen molar-refractivity contribution in [3.8, 4) is 0 Å². The number of ketones is 1. The Hall–Kier alpha value is -2.21. The Morgan fingerprint density at radius 1 is 1.50 bits per heavy atom. The van der Waals surface area contributed by atoms with Crippen molar-refractivity contribution in [2.75, 3.05) is 0 Å². The lowest BCUT2D eigenvalue weighted by Gasteiger charge is -2.32. The summed E-state index contributed by atoms with van der Waals surface area (Å²) in [6, 6.07) is 0. The third-order valence-electron chi connectivity index (χ3n) is 4.96. The van der Waals surface area contributed by atoms with E-state index in [1.807, 2.05) is 6.92 Å². The molecule has 2 aliphatic rings. The third-order valence-corrected chi connectivity index (χ3v) is 4.96. The molecule has 0 saturated carbocycles. The molecule has 6 heteroatoms. The third kappa shape index (κ3) is 4.30. The molecule has 0 bridgehead atoms. The van der Waals surface area contributed by atoms with Crippen molar-refractivity contribution in [3.05, 3.63) is 36.0 Å². The second-order valence-electron chi connectivity index (χ2n) is 7.31. The van der Waals surface area contributed by atoms with Crippen LogP contribution in [0.15, 0.2) is 36.0 Å². The van der Waals surface area contributed by atoms with Crippen LogP contribution < -0.4 is 0 Å². The minimum absolute atomic E-state index is 0.0165. The molecule has 26 heavy (non-hydrogen) atoms. The van der Waals surface area contributed by atoms with Crippen LogP contribution >= 0.6 is 0 Å². The van der Waals surface area contributed by atoms with E-state index in [1.165, 1.54) is 19.1 Å². The van der Waals surface area contributed by atoms with E-state index < -0.39 is 35.7 Å². The van der Waals surface area contributed by atoms with Gasteiger partial charge in [0.25, 0.3) is 0 Å². The average molecular weight is 362 g/mol. The van der Waals surface area contributed by atoms with Crippen LogP contribution in [0.2, 0.25) is 0 Å². The number of fused-ring (bicyclic) bond motifs is 1. The molecule has 0 amide bonds. The van der Waals surface area contributed by atoms with Crippen LogP contribution in [0.25, 0.3) is 0 Å². The molecular formula is C20H26O6. The number of ether oxygens (including phenoxy) is 2. The standard InChI is InChI=1S/C20H26O6/c1-6-11(2)18(22)26-16-10-20(5,24)8-7-14(21)12(3)9-15-17(16)13(4)19(23)25-15/h7-9,11,15-17,24H,4,6,10H2,1-3,5H3/b8-7-,12-9-/t11-,15+,16-,17+,20+/m1/s1. The quantitative estimate of drug-likeness (QED) is 0.612. The molecule has 2 rings (SSSR count). The fourth-order valence-electron chi connectivity index (χ4n) is 3.05. The molecule has 142 valence electrons. The summed E-state index contributed by atoms with van der Waals surface area (Å²) in [4.78, 5) is 36.5. The number of hydrogen-bond acceptors (Lipinski definition) is 6. The predicted octanol–water partition coefficient (Wildman–Crippen LogP) is 2.27. The normalized spacial score (nSPS) is 36.4. The predicted molar refractivity (Wildman–Crippen MR) is 95.0 cm³/mol. The minimum Gasteiger partial charge on any atom is -0.461 e. The molecule has 0 unspecified atom stereocenters. The zero-order valence-electron chi connectivity index (χ0n) is 15.7. The molecule has 0 aromatic carbocycles. The molecule has 0 radical (unpaired) electrons. The van der Waals surface area contributed by atoms with Gasteiger partial charge in [-0.2, -0.15) is 0 Å². The zero-order valence-corrected chi connectivity index (χ0v) is 15.7. The molecule has 1 saturated heterocycles. The van der Waals surface area contributed by atoms with Crippen LogP contribution in [-0.4, -0.2) is 40.6 Å². The SMILES string of the molecule is C=C1C(=O)O[C@H]2/C=C(/C)C(=O)/C=C\[C@](C)(O)C[C@@H](OC(=O)[C@H](C)CC)[C@@H]12. The van der Waals surface area contributed by atoms with E-state index in [0.29, 0.717) is 12.0 Å². The fraction of sp³-hybridized carbons (Fsp3) is 0.550. The van der Waals surface area contributed by atoms with Gasteiger partial charge in [0.05, 0.1) is 17.4 Å². The van der Waals surface area contributed by atoms with Crippen LogP contribution in [0.4, 0.5) is 0 Å². The van der Waals surface area contributed by atoms with Crippen molar-refractivity contribution < 1.29 is 29.0 Å². The maximum absolute atomic E-state index is 12.4. The van der Waals surface area contributed by atoms with Gasteiger partial charge in [0.1, 0.15) is 12.2 Å². The van der Waals surface area contributed by atoms with E-state index in [4.69, 9.17) is 9.47 Å². The number of aliphatic hydroxyl groups is 1. The van der Waals surface area contributed by atoms with Crippen LogP contribution in [0, 0.1) is 11.8 Å². The number of rotatable bonds is 3. The Labute approximate surface area is 153 Å². The highest BCUT2D eigenvalue weighted by atomic mass is 16.6. The van der Waals surface area contributed by atoms with Crippen molar-refractivity contribution >= 4 is 17.7 Å². The highest BCUT2D eigenvalue weighted by molar-refractivity contribution is 6.03. The van der Waals surface area contributed by atoms with Crippen LogP contribution in [0.5, 0.6) is 0 Å². The van der Waals surface area contributed by atoms with Crippen molar-refractivity contribution in [2.45, 2.75) is 58.3 Å². The zero-order chi connectivity index (χ0) is 19.6. The first-order chi connectivity index (χ1) is 12.1. The average Bonchev–Trinajstić information content (AvgIpc) is 2.84. The lowest BCUT2D eigenvalue weighted by Crippen LogP contribution is -2.40. The van der Waals surface area contributed by atoms with E-state index in [2.05, 4.69) is 6.58 Å². The maximum atomic E-state index is 12.4. The summed E-state index contributed by atoms with van der Waals surface area (Å²) in [5.74, 6) is -2.25. The van der Waals surface area contributed by atoms with Crippen molar-refractivity contribution in [3.63, 3.8) is 0 Å². The van der Waals surface area contributed by atoms with E-state index in [-0.39, 0.29) is 23.7 Å². The molecule has 0 aromatic heterocycles. The second kappa shape index (κ2) is 7.58. The van der Waals surface area contributed by atoms with Gasteiger partial charge in [-0.3, -0.25) is 9.59 Å². The first-order valence-corrected chi connectivity index (χ1v) is 8.80. The number of esters is 2. The topological polar surface area (TPSA) is 89.9 Å². The molecule has 0 spiro atoms. The smallest absolute Gasteiger partial charge is 0.334 e. The van der Waals surface area contributed by atoms with Crippen molar-refractivity contribution in [2.24, 2.45) is 11.8 Å². The van der Waals surface area contributed by atoms with Crippen LogP contribution in [0.3, 0.4) is 0 Å². The van der Waals surface area contributed by atoms with Gasteiger partial charge in [0, 0.05) is 12.0 Å². The molecule has 1 aliphatic heterocycles. The molecule has 6 nitrogen and oxygen atoms in total. The number of allylic oxidation sites excluding steroid dienone is 2. The van der Waals surface area contributed by atoms with Gasteiger partial charge in [-0.25, -0.2) is 4.79 Å². The van der Waals surface area contributed by atoms with Gasteiger partial charge in [0.2, 0.25) is 0 Å². The minimum atomic E-state index is -1.40. The Kier molecular flexibility index (Phi) is 5.86. The first kappa shape index (κ1) is 20.1. The van der Waals surface area contributed by atoms with Crippen LogP contribution in [0.1, 0.15) is 40.5 Å². The molecule has 1 fully saturated rings. The van der Waals surface area contributed by atoms with Gasteiger partial charge in [-0.05, 0) is 44.1 Å². The summed E-state index contributed by atoms with van der Waals surface area (Å²) in [5, 5.41) is 10.6. The van der Waals surface area contributed by atoms with Gasteiger partial charge < -0.3 is 14.6 Å². The van der Waals surface area contributed by atoms with Gasteiger partial charge in [0.15, 0.2) is 5.78 Å². The number of carbonyl (C=O) groups is 3. The molecule has 1 heterocycles. The van der Waals surface area contributed by atoms with E-state index >= 15 is 0 Å². The van der Waals surface area contributed by atoms with E-state index in [0.717, 1.165) is 0 Å². The van der Waals surface area contributed by atoms with Crippen LogP contribution in [-0.2, 0) is 23.9 Å². The summed E-state index contributed by atoms with van der Waals surface area (Å²) in [5.41, 5.74) is -0.846. The molecular weight excluding hydrogens is 336 g/mol. The Morgan fingerprint density at radius 3 is 2.77 bits per heavy atom. The molecule has 1 aliphatic carbocycles. The maximum Gasteiger partial charge on any atom is 0.334 e. The summed E-state index contributed by atoms with van der Waals surface area (Å²) in [6.07, 6.45) is 3.27. The fourth-order valence-corrected chi connectivity index (χ4v) is 3.05. The summed E-state index contributed by atoms with van der Waals surface area (Å²) < 4.78 is 11.0. The van der Waals surface area contributed by atoms with Gasteiger partial charge >= 0.3 is 11.9 Å². The molecule has 0 aromatic rings. The monoisotopic (exact) mass is 362 g/mol. The van der Waals surface area contributed by atoms with Gasteiger partial charge in [-0.1, -0.05) is 20.4 Å². The highest BCUT2D eigenvalue weighted by Gasteiger charge is 2.46. The highest BCUT2D eigenvalue weighted by Crippen LogP contribution is 2.37. The van der Waals surface area contributed by atoms with E-state index in [9.17, 15) is 19.5 Å². The second-order valence-corrected chi connectivity index (χ2v) is 7.31.